The molecular weight excluding hydrogens is 870 g/mol. The van der Waals surface area contributed by atoms with Gasteiger partial charge in [-0.15, -0.1) is 0 Å². The van der Waals surface area contributed by atoms with Gasteiger partial charge in [-0.1, -0.05) is 125 Å². The fourth-order valence-electron chi connectivity index (χ4n) is 7.88. The number of nitriles is 1. The number of anilines is 1. The zero-order valence-electron chi connectivity index (χ0n) is 40.8. The van der Waals surface area contributed by atoms with Crippen molar-refractivity contribution in [3.05, 3.63) is 123 Å². The lowest BCUT2D eigenvalue weighted by molar-refractivity contribution is -0.118. The number of aromatic nitrogens is 4. The van der Waals surface area contributed by atoms with Gasteiger partial charge in [0, 0.05) is 18.0 Å². The van der Waals surface area contributed by atoms with Crippen molar-refractivity contribution in [1.29, 1.82) is 5.26 Å². The van der Waals surface area contributed by atoms with Crippen molar-refractivity contribution in [2.75, 3.05) is 18.5 Å². The van der Waals surface area contributed by atoms with Crippen molar-refractivity contribution in [2.24, 2.45) is 5.92 Å². The van der Waals surface area contributed by atoms with Crippen molar-refractivity contribution < 1.29 is 27.7 Å². The largest absolute Gasteiger partial charge is 0.408 e. The van der Waals surface area contributed by atoms with Crippen molar-refractivity contribution in [3.63, 3.8) is 0 Å². The number of aryl methyl sites for hydroxylation is 2. The number of hydrogen-bond acceptors (Lipinski definition) is 11. The summed E-state index contributed by atoms with van der Waals surface area (Å²) in [4.78, 5) is 38.5. The molecule has 1 amide bonds. The molecule has 6 rings (SSSR count). The van der Waals surface area contributed by atoms with E-state index in [2.05, 4.69) is 162 Å². The van der Waals surface area contributed by atoms with E-state index in [1.54, 1.807) is 18.4 Å². The van der Waals surface area contributed by atoms with Gasteiger partial charge in [0.15, 0.2) is 25.7 Å². The molecule has 3 aromatic carbocycles. The highest BCUT2D eigenvalue weighted by atomic mass is 31.2. The molecule has 0 radical (unpaired) electrons. The lowest BCUT2D eigenvalue weighted by Gasteiger charge is -2.43. The number of nitrogens with zero attached hydrogens (tertiary/aromatic N) is 5. The van der Waals surface area contributed by atoms with Gasteiger partial charge >= 0.3 is 0 Å². The number of nitrogens with one attached hydrogen (secondary N) is 2. The van der Waals surface area contributed by atoms with Crippen molar-refractivity contribution in [1.82, 2.24) is 24.2 Å². The van der Waals surface area contributed by atoms with Crippen LogP contribution in [0.3, 0.4) is 0 Å². The second-order valence-corrected chi connectivity index (χ2v) is 25.7. The minimum absolute atomic E-state index is 0.00482. The monoisotopic (exact) mass is 937 g/mol. The molecule has 0 bridgehead atoms. The van der Waals surface area contributed by atoms with E-state index in [0.29, 0.717) is 0 Å². The predicted octanol–water partition coefficient (Wildman–Crippen LogP) is 10.3. The summed E-state index contributed by atoms with van der Waals surface area (Å²) in [6, 6.07) is 29.3. The van der Waals surface area contributed by atoms with Crippen LogP contribution in [0.15, 0.2) is 90.0 Å². The highest BCUT2D eigenvalue weighted by Crippen LogP contribution is 2.53. The van der Waals surface area contributed by atoms with E-state index in [1.165, 1.54) is 6.33 Å². The molecule has 0 saturated carbocycles. The molecule has 1 saturated heterocycles. The first-order chi connectivity index (χ1) is 31.2. The van der Waals surface area contributed by atoms with E-state index in [1.807, 2.05) is 18.2 Å². The summed E-state index contributed by atoms with van der Waals surface area (Å²) < 4.78 is 40.1. The molecule has 2 unspecified atom stereocenters. The number of benzene rings is 3. The average molecular weight is 938 g/mol. The fraction of sp³-hybridized carbons (Fsp3) is 0.500. The predicted molar refractivity (Wildman–Crippen MR) is 262 cm³/mol. The molecule has 66 heavy (non-hydrogen) atoms. The summed E-state index contributed by atoms with van der Waals surface area (Å²) in [5.74, 6) is -0.698. The number of hydrogen-bond donors (Lipinski definition) is 2. The van der Waals surface area contributed by atoms with Gasteiger partial charge < -0.3 is 22.9 Å². The standard InChI is InChI=1S/C50H68N7O7PSi/c1-32(2)45(58)54-48-53-44-41(46(59)55-48)52-31-56(44)47-43(63-65(61-29-17-28-51)57(33(3)4)34(5)6)42(64-66(12,13)49(9,10)11)40(62-47)30-60-50(37-18-15-14-16-19-37,38-24-20-35(7)21-25-38)39-26-22-36(8)23-27-39/h14-16,18-27,31-34,40,42-43,47H,17,29-30H2,1-13H3,(H2,53,54,55,58,59)/t40-,42?,43+,47-,65?/m1/s1. The number of H-pyrrole nitrogens is 1. The van der Waals surface area contributed by atoms with Crippen molar-refractivity contribution in [3.8, 4) is 6.07 Å². The summed E-state index contributed by atoms with van der Waals surface area (Å²) >= 11 is 0. The van der Waals surface area contributed by atoms with Gasteiger partial charge in [-0.25, -0.2) is 9.65 Å². The van der Waals surface area contributed by atoms with Crippen LogP contribution in [0.4, 0.5) is 5.95 Å². The van der Waals surface area contributed by atoms with Gasteiger partial charge in [-0.05, 0) is 76.4 Å². The second-order valence-electron chi connectivity index (χ2n) is 19.5. The minimum Gasteiger partial charge on any atom is -0.408 e. The summed E-state index contributed by atoms with van der Waals surface area (Å²) in [5.41, 5.74) is 3.65. The molecule has 14 nitrogen and oxygen atoms in total. The summed E-state index contributed by atoms with van der Waals surface area (Å²) in [5, 5.41) is 12.1. The smallest absolute Gasteiger partial charge is 0.280 e. The molecule has 354 valence electrons. The quantitative estimate of drug-likeness (QED) is 0.0350. The Balaban J connectivity index is 1.57. The first-order valence-corrected chi connectivity index (χ1v) is 26.9. The topological polar surface area (TPSA) is 166 Å². The third-order valence-electron chi connectivity index (χ3n) is 12.4. The lowest BCUT2D eigenvalue weighted by atomic mass is 9.79. The molecule has 1 aliphatic heterocycles. The first-order valence-electron chi connectivity index (χ1n) is 22.9. The molecule has 0 aliphatic carbocycles. The number of fused-ring (bicyclic) bond motifs is 1. The molecular formula is C50H68N7O7PSi. The Kier molecular flexibility index (Phi) is 16.3. The molecule has 5 aromatic rings. The van der Waals surface area contributed by atoms with Crippen LogP contribution >= 0.6 is 8.53 Å². The van der Waals surface area contributed by atoms with E-state index < -0.39 is 52.5 Å². The highest BCUT2D eigenvalue weighted by molar-refractivity contribution is 7.44. The molecule has 3 heterocycles. The number of carbonyl (C=O) groups is 1. The second kappa shape index (κ2) is 21.1. The maximum Gasteiger partial charge on any atom is 0.280 e. The Labute approximate surface area is 392 Å². The maximum atomic E-state index is 13.6. The summed E-state index contributed by atoms with van der Waals surface area (Å²) in [6.07, 6.45) is -1.72. The summed E-state index contributed by atoms with van der Waals surface area (Å²) in [6.45, 7) is 27.1. The number of carbonyl (C=O) groups excluding carboxylic acids is 1. The van der Waals surface area contributed by atoms with Crippen LogP contribution < -0.4 is 10.9 Å². The number of amides is 1. The fourth-order valence-corrected chi connectivity index (χ4v) is 10.9. The third-order valence-corrected chi connectivity index (χ3v) is 19.0. The first kappa shape index (κ1) is 50.8. The molecule has 1 aliphatic rings. The van der Waals surface area contributed by atoms with Crippen molar-refractivity contribution in [2.45, 2.75) is 143 Å². The maximum absolute atomic E-state index is 13.6. The van der Waals surface area contributed by atoms with Gasteiger partial charge in [0.1, 0.15) is 23.9 Å². The lowest BCUT2D eigenvalue weighted by Crippen LogP contribution is -2.51. The van der Waals surface area contributed by atoms with Crippen molar-refractivity contribution >= 4 is 39.9 Å². The highest BCUT2D eigenvalue weighted by Gasteiger charge is 2.54. The number of aromatic amines is 1. The molecule has 16 heteroatoms. The molecule has 0 spiro atoms. The number of imidazole rings is 1. The molecule has 5 atom stereocenters. The molecule has 2 N–H and O–H groups in total. The van der Waals surface area contributed by atoms with E-state index in [4.69, 9.17) is 27.9 Å². The zero-order chi connectivity index (χ0) is 48.1. The SMILES string of the molecule is Cc1ccc(C(OC[C@H]2O[C@@H](n3cnc4c(=O)[nH]c(NC(=O)C(C)C)nc43)[C@@H](OP(OCCC#N)N(C(C)C)C(C)C)C2O[Si](C)(C)C(C)(C)C)(c2ccccc2)c2ccc(C)cc2)cc1. The van der Waals surface area contributed by atoms with Gasteiger partial charge in [0.05, 0.1) is 32.0 Å². The minimum atomic E-state index is -2.65. The van der Waals surface area contributed by atoms with Crippen LogP contribution in [0.25, 0.3) is 11.2 Å². The van der Waals surface area contributed by atoms with Crippen LogP contribution in [-0.4, -0.2) is 82.0 Å². The van der Waals surface area contributed by atoms with E-state index in [9.17, 15) is 14.9 Å². The van der Waals surface area contributed by atoms with Gasteiger partial charge in [-0.2, -0.15) is 10.2 Å². The van der Waals surface area contributed by atoms with Gasteiger partial charge in [-0.3, -0.25) is 24.5 Å². The van der Waals surface area contributed by atoms with Gasteiger partial charge in [0.2, 0.25) is 11.9 Å². The number of rotatable bonds is 19. The Morgan fingerprint density at radius 3 is 2.03 bits per heavy atom. The Bertz CT molecular complexity index is 2450. The third kappa shape index (κ3) is 11.0. The average Bonchev–Trinajstić information content (AvgIpc) is 3.82. The Morgan fingerprint density at radius 2 is 1.50 bits per heavy atom. The van der Waals surface area contributed by atoms with Crippen LogP contribution in [0, 0.1) is 31.1 Å². The normalized spacial score (nSPS) is 18.7. The van der Waals surface area contributed by atoms with Crippen LogP contribution in [0.1, 0.15) is 103 Å². The number of ether oxygens (including phenoxy) is 2. The van der Waals surface area contributed by atoms with Crippen LogP contribution in [-0.2, 0) is 33.3 Å². The van der Waals surface area contributed by atoms with Crippen LogP contribution in [0.2, 0.25) is 18.1 Å². The van der Waals surface area contributed by atoms with Crippen LogP contribution in [0.5, 0.6) is 0 Å². The van der Waals surface area contributed by atoms with E-state index in [-0.39, 0.29) is 65.7 Å². The molecule has 1 fully saturated rings. The summed E-state index contributed by atoms with van der Waals surface area (Å²) in [7, 11) is -4.50. The molecule has 2 aromatic heterocycles. The Morgan fingerprint density at radius 1 is 0.924 bits per heavy atom. The van der Waals surface area contributed by atoms with E-state index in [0.717, 1.165) is 27.8 Å². The van der Waals surface area contributed by atoms with E-state index >= 15 is 0 Å². The Hall–Kier alpha value is -4.62. The zero-order valence-corrected chi connectivity index (χ0v) is 42.7. The van der Waals surface area contributed by atoms with Gasteiger partial charge in [0.25, 0.3) is 14.1 Å².